The van der Waals surface area contributed by atoms with Gasteiger partial charge in [-0.2, -0.15) is 0 Å². The molecule has 0 aromatic heterocycles. The number of hydrogen-bond donors (Lipinski definition) is 0. The van der Waals surface area contributed by atoms with Crippen molar-refractivity contribution in [2.24, 2.45) is 11.8 Å². The van der Waals surface area contributed by atoms with Crippen molar-refractivity contribution in [1.29, 1.82) is 0 Å². The maximum Gasteiger partial charge on any atom is 0.331 e. The van der Waals surface area contributed by atoms with Crippen molar-refractivity contribution in [1.82, 2.24) is 4.90 Å². The molecule has 0 saturated carbocycles. The Morgan fingerprint density at radius 2 is 1.95 bits per heavy atom. The molecule has 2 heterocycles. The van der Waals surface area contributed by atoms with Crippen LogP contribution in [0.5, 0.6) is 0 Å². The largest absolute Gasteiger partial charge is 0.467 e. The van der Waals surface area contributed by atoms with Gasteiger partial charge in [0.2, 0.25) is 5.91 Å². The molecule has 19 heavy (non-hydrogen) atoms. The quantitative estimate of drug-likeness (QED) is 0.664. The molecule has 108 valence electrons. The number of carbonyl (C=O) groups excluding carboxylic acids is 2. The SMILES string of the molecule is COC(=O)C1COCCN1C(=O)C1CCOCC1C. The zero-order valence-electron chi connectivity index (χ0n) is 11.5. The number of esters is 1. The van der Waals surface area contributed by atoms with Crippen LogP contribution >= 0.6 is 0 Å². The van der Waals surface area contributed by atoms with Crippen molar-refractivity contribution in [2.75, 3.05) is 40.1 Å². The summed E-state index contributed by atoms with van der Waals surface area (Å²) < 4.78 is 15.4. The highest BCUT2D eigenvalue weighted by Crippen LogP contribution is 2.25. The molecule has 2 aliphatic heterocycles. The van der Waals surface area contributed by atoms with Crippen LogP contribution in [0.3, 0.4) is 0 Å². The Morgan fingerprint density at radius 1 is 1.21 bits per heavy atom. The molecule has 0 aromatic rings. The summed E-state index contributed by atoms with van der Waals surface area (Å²) in [6.07, 6.45) is 0.714. The number of hydrogen-bond acceptors (Lipinski definition) is 5. The van der Waals surface area contributed by atoms with E-state index >= 15 is 0 Å². The van der Waals surface area contributed by atoms with E-state index in [0.717, 1.165) is 0 Å². The molecule has 6 nitrogen and oxygen atoms in total. The minimum atomic E-state index is -0.610. The lowest BCUT2D eigenvalue weighted by atomic mass is 9.88. The van der Waals surface area contributed by atoms with Gasteiger partial charge in [-0.05, 0) is 12.3 Å². The molecule has 0 aromatic carbocycles. The van der Waals surface area contributed by atoms with Crippen LogP contribution in [-0.4, -0.2) is 62.9 Å². The van der Waals surface area contributed by atoms with Crippen LogP contribution in [0.2, 0.25) is 0 Å². The summed E-state index contributed by atoms with van der Waals surface area (Å²) in [6, 6.07) is -0.610. The number of nitrogens with zero attached hydrogens (tertiary/aromatic N) is 1. The summed E-state index contributed by atoms with van der Waals surface area (Å²) in [4.78, 5) is 25.9. The Labute approximate surface area is 113 Å². The van der Waals surface area contributed by atoms with Crippen molar-refractivity contribution < 1.29 is 23.8 Å². The molecule has 0 spiro atoms. The lowest BCUT2D eigenvalue weighted by Gasteiger charge is -2.38. The molecule has 3 atom stereocenters. The Kier molecular flexibility index (Phi) is 4.76. The number of morpholine rings is 1. The average Bonchev–Trinajstić information content (AvgIpc) is 2.46. The van der Waals surface area contributed by atoms with Gasteiger partial charge in [-0.3, -0.25) is 4.79 Å². The van der Waals surface area contributed by atoms with Gasteiger partial charge in [-0.1, -0.05) is 6.92 Å². The van der Waals surface area contributed by atoms with Crippen molar-refractivity contribution in [3.05, 3.63) is 0 Å². The van der Waals surface area contributed by atoms with Gasteiger partial charge >= 0.3 is 5.97 Å². The van der Waals surface area contributed by atoms with Gasteiger partial charge in [-0.25, -0.2) is 4.79 Å². The van der Waals surface area contributed by atoms with E-state index in [0.29, 0.717) is 32.8 Å². The van der Waals surface area contributed by atoms with Crippen LogP contribution in [0.1, 0.15) is 13.3 Å². The summed E-state index contributed by atoms with van der Waals surface area (Å²) in [5, 5.41) is 0. The summed E-state index contributed by atoms with van der Waals surface area (Å²) >= 11 is 0. The minimum Gasteiger partial charge on any atom is -0.467 e. The minimum absolute atomic E-state index is 0.0227. The number of carbonyl (C=O) groups is 2. The third-order valence-corrected chi connectivity index (χ3v) is 3.84. The zero-order valence-corrected chi connectivity index (χ0v) is 11.5. The first-order chi connectivity index (χ1) is 9.15. The van der Waals surface area contributed by atoms with Crippen LogP contribution in [0, 0.1) is 11.8 Å². The summed E-state index contributed by atoms with van der Waals surface area (Å²) in [5.41, 5.74) is 0. The van der Waals surface area contributed by atoms with Gasteiger partial charge < -0.3 is 19.1 Å². The second-order valence-electron chi connectivity index (χ2n) is 5.09. The lowest BCUT2D eigenvalue weighted by molar-refractivity contribution is -0.165. The molecule has 2 aliphatic rings. The molecule has 2 rings (SSSR count). The molecule has 3 unspecified atom stereocenters. The van der Waals surface area contributed by atoms with E-state index in [1.54, 1.807) is 4.90 Å². The Bertz CT molecular complexity index is 346. The number of ether oxygens (including phenoxy) is 3. The number of amides is 1. The number of rotatable bonds is 2. The summed E-state index contributed by atoms with van der Waals surface area (Å²) in [5.74, 6) is -0.274. The van der Waals surface area contributed by atoms with Gasteiger partial charge in [0.05, 0.1) is 20.3 Å². The van der Waals surface area contributed by atoms with E-state index in [4.69, 9.17) is 14.2 Å². The van der Waals surface area contributed by atoms with E-state index in [1.807, 2.05) is 6.92 Å². The highest BCUT2D eigenvalue weighted by Gasteiger charge is 2.39. The third kappa shape index (κ3) is 3.06. The fourth-order valence-electron chi connectivity index (χ4n) is 2.66. The first-order valence-corrected chi connectivity index (χ1v) is 6.69. The van der Waals surface area contributed by atoms with Crippen molar-refractivity contribution in [2.45, 2.75) is 19.4 Å². The normalized spacial score (nSPS) is 31.9. The fourth-order valence-corrected chi connectivity index (χ4v) is 2.66. The monoisotopic (exact) mass is 271 g/mol. The third-order valence-electron chi connectivity index (χ3n) is 3.84. The highest BCUT2D eigenvalue weighted by molar-refractivity contribution is 5.86. The summed E-state index contributed by atoms with van der Waals surface area (Å²) in [7, 11) is 1.33. The Morgan fingerprint density at radius 3 is 2.63 bits per heavy atom. The molecular weight excluding hydrogens is 250 g/mol. The van der Waals surface area contributed by atoms with E-state index in [-0.39, 0.29) is 24.3 Å². The van der Waals surface area contributed by atoms with E-state index in [1.165, 1.54) is 7.11 Å². The van der Waals surface area contributed by atoms with Gasteiger partial charge in [-0.15, -0.1) is 0 Å². The van der Waals surface area contributed by atoms with E-state index in [2.05, 4.69) is 0 Å². The Balaban J connectivity index is 2.08. The van der Waals surface area contributed by atoms with Crippen LogP contribution in [0.4, 0.5) is 0 Å². The van der Waals surface area contributed by atoms with Crippen molar-refractivity contribution in [3.8, 4) is 0 Å². The van der Waals surface area contributed by atoms with Gasteiger partial charge in [0.1, 0.15) is 0 Å². The predicted octanol–water partition coefficient (Wildman–Crippen LogP) is 0.0594. The van der Waals surface area contributed by atoms with Crippen LogP contribution in [0.25, 0.3) is 0 Å². The molecule has 0 radical (unpaired) electrons. The topological polar surface area (TPSA) is 65.1 Å². The van der Waals surface area contributed by atoms with Gasteiger partial charge in [0.15, 0.2) is 6.04 Å². The molecule has 0 aliphatic carbocycles. The van der Waals surface area contributed by atoms with Crippen LogP contribution in [-0.2, 0) is 23.8 Å². The van der Waals surface area contributed by atoms with Gasteiger partial charge in [0, 0.05) is 25.7 Å². The molecule has 0 N–H and O–H groups in total. The highest BCUT2D eigenvalue weighted by atomic mass is 16.5. The Hall–Kier alpha value is -1.14. The smallest absolute Gasteiger partial charge is 0.331 e. The van der Waals surface area contributed by atoms with E-state index in [9.17, 15) is 9.59 Å². The molecule has 1 amide bonds. The lowest BCUT2D eigenvalue weighted by Crippen LogP contribution is -2.55. The average molecular weight is 271 g/mol. The number of methoxy groups -OCH3 is 1. The van der Waals surface area contributed by atoms with Gasteiger partial charge in [0.25, 0.3) is 0 Å². The first kappa shape index (κ1) is 14.3. The molecule has 2 saturated heterocycles. The van der Waals surface area contributed by atoms with Crippen molar-refractivity contribution in [3.63, 3.8) is 0 Å². The fraction of sp³-hybridized carbons (Fsp3) is 0.846. The predicted molar refractivity (Wildman–Crippen MR) is 66.4 cm³/mol. The first-order valence-electron chi connectivity index (χ1n) is 6.69. The zero-order chi connectivity index (χ0) is 13.8. The van der Waals surface area contributed by atoms with Crippen molar-refractivity contribution >= 4 is 11.9 Å². The summed E-state index contributed by atoms with van der Waals surface area (Å²) in [6.45, 7) is 4.35. The van der Waals surface area contributed by atoms with E-state index < -0.39 is 12.0 Å². The van der Waals surface area contributed by atoms with Crippen LogP contribution in [0.15, 0.2) is 0 Å². The maximum absolute atomic E-state index is 12.6. The second kappa shape index (κ2) is 6.34. The molecule has 0 bridgehead atoms. The molecular formula is C13H21NO5. The maximum atomic E-state index is 12.6. The molecule has 6 heteroatoms. The second-order valence-corrected chi connectivity index (χ2v) is 5.09. The standard InChI is InChI=1S/C13H21NO5/c1-9-7-18-5-3-10(9)12(15)14-4-6-19-8-11(14)13(16)17-2/h9-11H,3-8H2,1-2H3. The molecule has 2 fully saturated rings. The van der Waals surface area contributed by atoms with Crippen LogP contribution < -0.4 is 0 Å².